The standard InChI is InChI=1S/C13H19NO/c1-4-15-12-7-5-6-11(9-12)13(14)8-10(2)3/h5-7,9,13H,2,4,8,14H2,1,3H3/t13-/m1/s1. The third-order valence-electron chi connectivity index (χ3n) is 2.17. The van der Waals surface area contributed by atoms with E-state index in [9.17, 15) is 0 Å². The molecular formula is C13H19NO. The lowest BCUT2D eigenvalue weighted by atomic mass is 10.0. The minimum Gasteiger partial charge on any atom is -0.494 e. The van der Waals surface area contributed by atoms with Gasteiger partial charge >= 0.3 is 0 Å². The number of hydrogen-bond acceptors (Lipinski definition) is 2. The van der Waals surface area contributed by atoms with Crippen molar-refractivity contribution in [3.05, 3.63) is 42.0 Å². The molecule has 0 saturated heterocycles. The number of hydrogen-bond donors (Lipinski definition) is 1. The van der Waals surface area contributed by atoms with Crippen molar-refractivity contribution < 1.29 is 4.74 Å². The second kappa shape index (κ2) is 5.56. The first-order chi connectivity index (χ1) is 7.13. The molecule has 0 amide bonds. The molecule has 2 nitrogen and oxygen atoms in total. The molecule has 0 aliphatic heterocycles. The van der Waals surface area contributed by atoms with Crippen LogP contribution in [0.15, 0.2) is 36.4 Å². The van der Waals surface area contributed by atoms with Crippen LogP contribution in [0.4, 0.5) is 0 Å². The van der Waals surface area contributed by atoms with E-state index in [0.717, 1.165) is 23.3 Å². The summed E-state index contributed by atoms with van der Waals surface area (Å²) < 4.78 is 5.42. The van der Waals surface area contributed by atoms with Gasteiger partial charge in [0.25, 0.3) is 0 Å². The van der Waals surface area contributed by atoms with Gasteiger partial charge < -0.3 is 10.5 Å². The first-order valence-electron chi connectivity index (χ1n) is 5.26. The van der Waals surface area contributed by atoms with Gasteiger partial charge in [0.1, 0.15) is 5.75 Å². The third kappa shape index (κ3) is 3.76. The molecular weight excluding hydrogens is 186 g/mol. The molecule has 1 aromatic carbocycles. The topological polar surface area (TPSA) is 35.2 Å². The molecule has 0 aliphatic carbocycles. The highest BCUT2D eigenvalue weighted by Crippen LogP contribution is 2.21. The molecule has 0 saturated carbocycles. The maximum atomic E-state index is 6.04. The van der Waals surface area contributed by atoms with Gasteiger partial charge in [-0.2, -0.15) is 0 Å². The first kappa shape index (κ1) is 11.8. The Labute approximate surface area is 91.7 Å². The summed E-state index contributed by atoms with van der Waals surface area (Å²) in [6, 6.07) is 7.95. The maximum Gasteiger partial charge on any atom is 0.119 e. The number of nitrogens with two attached hydrogens (primary N) is 1. The Morgan fingerprint density at radius 3 is 2.87 bits per heavy atom. The molecule has 2 heteroatoms. The van der Waals surface area contributed by atoms with Crippen LogP contribution in [0.5, 0.6) is 5.75 Å². The molecule has 0 heterocycles. The average molecular weight is 205 g/mol. The zero-order valence-corrected chi connectivity index (χ0v) is 9.49. The van der Waals surface area contributed by atoms with Gasteiger partial charge in [-0.05, 0) is 38.0 Å². The van der Waals surface area contributed by atoms with E-state index in [2.05, 4.69) is 6.58 Å². The molecule has 0 unspecified atom stereocenters. The zero-order chi connectivity index (χ0) is 11.3. The smallest absolute Gasteiger partial charge is 0.119 e. The van der Waals surface area contributed by atoms with Crippen LogP contribution >= 0.6 is 0 Å². The van der Waals surface area contributed by atoms with Crippen LogP contribution in [0.1, 0.15) is 31.9 Å². The summed E-state index contributed by atoms with van der Waals surface area (Å²) in [5.74, 6) is 0.882. The van der Waals surface area contributed by atoms with E-state index in [4.69, 9.17) is 10.5 Å². The monoisotopic (exact) mass is 205 g/mol. The fourth-order valence-corrected chi connectivity index (χ4v) is 1.49. The fraction of sp³-hybridized carbons (Fsp3) is 0.385. The van der Waals surface area contributed by atoms with Crippen molar-refractivity contribution in [1.82, 2.24) is 0 Å². The minimum absolute atomic E-state index is 0.0166. The average Bonchev–Trinajstić information content (AvgIpc) is 2.17. The van der Waals surface area contributed by atoms with E-state index in [1.165, 1.54) is 0 Å². The molecule has 1 rings (SSSR count). The molecule has 0 aromatic heterocycles. The van der Waals surface area contributed by atoms with E-state index < -0.39 is 0 Å². The molecule has 15 heavy (non-hydrogen) atoms. The summed E-state index contributed by atoms with van der Waals surface area (Å²) in [6.07, 6.45) is 0.815. The van der Waals surface area contributed by atoms with Crippen molar-refractivity contribution in [2.75, 3.05) is 6.61 Å². The van der Waals surface area contributed by atoms with E-state index in [0.29, 0.717) is 6.61 Å². The van der Waals surface area contributed by atoms with Gasteiger partial charge in [0, 0.05) is 6.04 Å². The Hall–Kier alpha value is -1.28. The van der Waals surface area contributed by atoms with E-state index >= 15 is 0 Å². The quantitative estimate of drug-likeness (QED) is 0.750. The number of ether oxygens (including phenoxy) is 1. The highest BCUT2D eigenvalue weighted by atomic mass is 16.5. The van der Waals surface area contributed by atoms with Crippen molar-refractivity contribution >= 4 is 0 Å². The molecule has 0 fully saturated rings. The second-order valence-corrected chi connectivity index (χ2v) is 3.77. The Morgan fingerprint density at radius 2 is 2.27 bits per heavy atom. The van der Waals surface area contributed by atoms with Crippen LogP contribution in [0.3, 0.4) is 0 Å². The molecule has 0 bridgehead atoms. The van der Waals surface area contributed by atoms with E-state index in [-0.39, 0.29) is 6.04 Å². The highest BCUT2D eigenvalue weighted by Gasteiger charge is 2.06. The summed E-state index contributed by atoms with van der Waals surface area (Å²) in [7, 11) is 0. The second-order valence-electron chi connectivity index (χ2n) is 3.77. The first-order valence-corrected chi connectivity index (χ1v) is 5.26. The largest absolute Gasteiger partial charge is 0.494 e. The van der Waals surface area contributed by atoms with Gasteiger partial charge in [0.05, 0.1) is 6.61 Å². The van der Waals surface area contributed by atoms with Crippen LogP contribution in [0.25, 0.3) is 0 Å². The van der Waals surface area contributed by atoms with Gasteiger partial charge in [-0.15, -0.1) is 6.58 Å². The normalized spacial score (nSPS) is 12.2. The van der Waals surface area contributed by atoms with Crippen molar-refractivity contribution in [3.63, 3.8) is 0 Å². The van der Waals surface area contributed by atoms with Crippen LogP contribution in [0, 0.1) is 0 Å². The Morgan fingerprint density at radius 1 is 1.53 bits per heavy atom. The maximum absolute atomic E-state index is 6.04. The Balaban J connectivity index is 2.75. The number of rotatable bonds is 5. The SMILES string of the molecule is C=C(C)C[C@@H](N)c1cccc(OCC)c1. The summed E-state index contributed by atoms with van der Waals surface area (Å²) >= 11 is 0. The molecule has 82 valence electrons. The van der Waals surface area contributed by atoms with Crippen LogP contribution in [-0.2, 0) is 0 Å². The Kier molecular flexibility index (Phi) is 4.37. The molecule has 0 radical (unpaired) electrons. The Bertz CT molecular complexity index is 333. The molecule has 1 atom stereocenters. The van der Waals surface area contributed by atoms with Crippen LogP contribution < -0.4 is 10.5 Å². The molecule has 2 N–H and O–H groups in total. The van der Waals surface area contributed by atoms with E-state index in [1.54, 1.807) is 0 Å². The lowest BCUT2D eigenvalue weighted by Gasteiger charge is -2.13. The molecule has 0 aliphatic rings. The van der Waals surface area contributed by atoms with Crippen molar-refractivity contribution in [2.45, 2.75) is 26.3 Å². The fourth-order valence-electron chi connectivity index (χ4n) is 1.49. The van der Waals surface area contributed by atoms with Crippen molar-refractivity contribution in [2.24, 2.45) is 5.73 Å². The summed E-state index contributed by atoms with van der Waals surface area (Å²) in [5.41, 5.74) is 8.25. The lowest BCUT2D eigenvalue weighted by Crippen LogP contribution is -2.10. The van der Waals surface area contributed by atoms with Crippen LogP contribution in [0.2, 0.25) is 0 Å². The molecule has 0 spiro atoms. The third-order valence-corrected chi connectivity index (χ3v) is 2.17. The zero-order valence-electron chi connectivity index (χ0n) is 9.49. The van der Waals surface area contributed by atoms with Gasteiger partial charge in [0.2, 0.25) is 0 Å². The summed E-state index contributed by atoms with van der Waals surface area (Å²) in [5, 5.41) is 0. The summed E-state index contributed by atoms with van der Waals surface area (Å²) in [6.45, 7) is 8.51. The van der Waals surface area contributed by atoms with Crippen molar-refractivity contribution in [1.29, 1.82) is 0 Å². The minimum atomic E-state index is 0.0166. The van der Waals surface area contributed by atoms with Gasteiger partial charge in [-0.1, -0.05) is 17.7 Å². The summed E-state index contributed by atoms with van der Waals surface area (Å²) in [4.78, 5) is 0. The van der Waals surface area contributed by atoms with Gasteiger partial charge in [-0.25, -0.2) is 0 Å². The van der Waals surface area contributed by atoms with Crippen molar-refractivity contribution in [3.8, 4) is 5.75 Å². The lowest BCUT2D eigenvalue weighted by molar-refractivity contribution is 0.339. The molecule has 1 aromatic rings. The highest BCUT2D eigenvalue weighted by molar-refractivity contribution is 5.31. The van der Waals surface area contributed by atoms with E-state index in [1.807, 2.05) is 38.1 Å². The van der Waals surface area contributed by atoms with Gasteiger partial charge in [-0.3, -0.25) is 0 Å². The predicted molar refractivity (Wildman–Crippen MR) is 64.0 cm³/mol. The number of benzene rings is 1. The van der Waals surface area contributed by atoms with Gasteiger partial charge in [0.15, 0.2) is 0 Å². The van der Waals surface area contributed by atoms with Crippen LogP contribution in [-0.4, -0.2) is 6.61 Å². The predicted octanol–water partition coefficient (Wildman–Crippen LogP) is 3.05.